The number of halogens is 1. The lowest BCUT2D eigenvalue weighted by Gasteiger charge is -2.15. The average Bonchev–Trinajstić information content (AvgIpc) is 2.67. The van der Waals surface area contributed by atoms with Gasteiger partial charge in [0, 0.05) is 24.1 Å². The van der Waals surface area contributed by atoms with Gasteiger partial charge >= 0.3 is 0 Å². The van der Waals surface area contributed by atoms with Crippen LogP contribution >= 0.6 is 23.4 Å². The van der Waals surface area contributed by atoms with Crippen molar-refractivity contribution < 1.29 is 14.5 Å². The Morgan fingerprint density at radius 3 is 2.68 bits per heavy atom. The molecule has 0 heterocycles. The summed E-state index contributed by atoms with van der Waals surface area (Å²) in [4.78, 5) is 36.9. The van der Waals surface area contributed by atoms with Gasteiger partial charge in [0.25, 0.3) is 5.69 Å². The SMILES string of the molecule is CSc1ccccc1NC(=O)CN(C)C(=O)/C=C/c1ccc(Cl)c([N+](=O)[O-])c1. The zero-order chi connectivity index (χ0) is 20.7. The highest BCUT2D eigenvalue weighted by Crippen LogP contribution is 2.26. The van der Waals surface area contributed by atoms with Gasteiger partial charge in [-0.3, -0.25) is 19.7 Å². The summed E-state index contributed by atoms with van der Waals surface area (Å²) in [6.07, 6.45) is 4.59. The molecule has 2 aromatic rings. The Morgan fingerprint density at radius 2 is 2.00 bits per heavy atom. The summed E-state index contributed by atoms with van der Waals surface area (Å²) in [5.74, 6) is -0.737. The number of nitrogens with zero attached hydrogens (tertiary/aromatic N) is 2. The number of para-hydroxylation sites is 1. The zero-order valence-corrected chi connectivity index (χ0v) is 16.8. The van der Waals surface area contributed by atoms with Crippen LogP contribution in [0, 0.1) is 10.1 Å². The van der Waals surface area contributed by atoms with Gasteiger partial charge in [-0.2, -0.15) is 0 Å². The molecule has 0 aliphatic carbocycles. The van der Waals surface area contributed by atoms with Crippen LogP contribution < -0.4 is 5.32 Å². The molecule has 0 aliphatic heterocycles. The Balaban J connectivity index is 1.99. The van der Waals surface area contributed by atoms with Crippen LogP contribution in [0.5, 0.6) is 0 Å². The summed E-state index contributed by atoms with van der Waals surface area (Å²) in [7, 11) is 1.50. The highest BCUT2D eigenvalue weighted by Gasteiger charge is 2.14. The fourth-order valence-corrected chi connectivity index (χ4v) is 3.04. The number of hydrogen-bond acceptors (Lipinski definition) is 5. The van der Waals surface area contributed by atoms with Crippen molar-refractivity contribution in [2.45, 2.75) is 4.90 Å². The van der Waals surface area contributed by atoms with Crippen molar-refractivity contribution in [1.82, 2.24) is 4.90 Å². The van der Waals surface area contributed by atoms with Crippen molar-refractivity contribution in [2.75, 3.05) is 25.2 Å². The lowest BCUT2D eigenvalue weighted by Crippen LogP contribution is -2.33. The average molecular weight is 420 g/mol. The van der Waals surface area contributed by atoms with Crippen molar-refractivity contribution in [3.05, 3.63) is 69.2 Å². The molecule has 0 aliphatic rings. The molecule has 0 unspecified atom stereocenters. The number of amides is 2. The molecule has 0 bridgehead atoms. The summed E-state index contributed by atoms with van der Waals surface area (Å²) < 4.78 is 0. The summed E-state index contributed by atoms with van der Waals surface area (Å²) in [6, 6.07) is 11.6. The largest absolute Gasteiger partial charge is 0.333 e. The minimum atomic E-state index is -0.593. The molecule has 0 saturated heterocycles. The number of anilines is 1. The molecule has 1 N–H and O–H groups in total. The van der Waals surface area contributed by atoms with Crippen LogP contribution in [0.3, 0.4) is 0 Å². The van der Waals surface area contributed by atoms with E-state index in [9.17, 15) is 19.7 Å². The van der Waals surface area contributed by atoms with E-state index in [0.29, 0.717) is 11.3 Å². The lowest BCUT2D eigenvalue weighted by atomic mass is 10.2. The Labute approximate surface area is 171 Å². The monoisotopic (exact) mass is 419 g/mol. The van der Waals surface area contributed by atoms with E-state index in [1.54, 1.807) is 12.1 Å². The van der Waals surface area contributed by atoms with E-state index >= 15 is 0 Å². The molecule has 0 atom stereocenters. The van der Waals surface area contributed by atoms with Crippen LogP contribution in [0.2, 0.25) is 5.02 Å². The number of hydrogen-bond donors (Lipinski definition) is 1. The van der Waals surface area contributed by atoms with Crippen molar-refractivity contribution in [3.8, 4) is 0 Å². The Kier molecular flexibility index (Phi) is 7.60. The van der Waals surface area contributed by atoms with Crippen molar-refractivity contribution in [2.24, 2.45) is 0 Å². The third-order valence-electron chi connectivity index (χ3n) is 3.72. The predicted octanol–water partition coefficient (Wildman–Crippen LogP) is 4.08. The van der Waals surface area contributed by atoms with Gasteiger partial charge in [-0.25, -0.2) is 0 Å². The van der Waals surface area contributed by atoms with Crippen LogP contribution in [0.4, 0.5) is 11.4 Å². The van der Waals surface area contributed by atoms with Gasteiger partial charge in [0.05, 0.1) is 17.2 Å². The second kappa shape index (κ2) is 9.91. The van der Waals surface area contributed by atoms with Gasteiger partial charge in [0.15, 0.2) is 0 Å². The topological polar surface area (TPSA) is 92.6 Å². The van der Waals surface area contributed by atoms with Crippen LogP contribution in [0.1, 0.15) is 5.56 Å². The minimum Gasteiger partial charge on any atom is -0.333 e. The van der Waals surface area contributed by atoms with Crippen molar-refractivity contribution in [3.63, 3.8) is 0 Å². The number of carbonyl (C=O) groups excluding carboxylic acids is 2. The standard InChI is InChI=1S/C19H18ClN3O4S/c1-22(12-18(24)21-15-5-3-4-6-17(15)28-2)19(25)10-8-13-7-9-14(20)16(11-13)23(26)27/h3-11H,12H2,1-2H3,(H,21,24)/b10-8+. The van der Waals surface area contributed by atoms with Gasteiger partial charge in [-0.1, -0.05) is 29.8 Å². The Hall–Kier alpha value is -2.84. The minimum absolute atomic E-state index is 0.0211. The van der Waals surface area contributed by atoms with Crippen molar-refractivity contribution in [1.29, 1.82) is 0 Å². The number of carbonyl (C=O) groups is 2. The second-order valence-corrected chi connectivity index (χ2v) is 7.00. The third-order valence-corrected chi connectivity index (χ3v) is 4.84. The molecule has 0 fully saturated rings. The van der Waals surface area contributed by atoms with Gasteiger partial charge in [-0.05, 0) is 36.1 Å². The first kappa shape index (κ1) is 21.5. The maximum atomic E-state index is 12.2. The molecule has 0 saturated carbocycles. The summed E-state index contributed by atoms with van der Waals surface area (Å²) in [5, 5.41) is 13.7. The molecule has 28 heavy (non-hydrogen) atoms. The summed E-state index contributed by atoms with van der Waals surface area (Å²) in [5.41, 5.74) is 0.900. The number of nitro groups is 1. The molecule has 0 radical (unpaired) electrons. The molecule has 146 valence electrons. The molecule has 9 heteroatoms. The van der Waals surface area contributed by atoms with Gasteiger partial charge in [-0.15, -0.1) is 11.8 Å². The zero-order valence-electron chi connectivity index (χ0n) is 15.2. The molecular weight excluding hydrogens is 402 g/mol. The quantitative estimate of drug-likeness (QED) is 0.316. The van der Waals surface area contributed by atoms with E-state index in [2.05, 4.69) is 5.32 Å². The summed E-state index contributed by atoms with van der Waals surface area (Å²) >= 11 is 7.27. The number of nitrogens with one attached hydrogen (secondary N) is 1. The third kappa shape index (κ3) is 5.83. The van der Waals surface area contributed by atoms with Gasteiger partial charge in [0.1, 0.15) is 5.02 Å². The smallest absolute Gasteiger partial charge is 0.288 e. The normalized spacial score (nSPS) is 10.7. The Bertz CT molecular complexity index is 933. The summed E-state index contributed by atoms with van der Waals surface area (Å²) in [6.45, 7) is -0.132. The van der Waals surface area contributed by atoms with E-state index in [0.717, 1.165) is 4.90 Å². The highest BCUT2D eigenvalue weighted by atomic mass is 35.5. The predicted molar refractivity (Wildman–Crippen MR) is 112 cm³/mol. The van der Waals surface area contributed by atoms with Crippen molar-refractivity contribution >= 4 is 52.6 Å². The fourth-order valence-electron chi connectivity index (χ4n) is 2.30. The van der Waals surface area contributed by atoms with Crippen LogP contribution in [-0.4, -0.2) is 41.5 Å². The van der Waals surface area contributed by atoms with Gasteiger partial charge < -0.3 is 10.2 Å². The molecule has 0 spiro atoms. The Morgan fingerprint density at radius 1 is 1.29 bits per heavy atom. The second-order valence-electron chi connectivity index (χ2n) is 5.74. The van der Waals surface area contributed by atoms with Crippen LogP contribution in [0.25, 0.3) is 6.08 Å². The lowest BCUT2D eigenvalue weighted by molar-refractivity contribution is -0.384. The molecule has 0 aromatic heterocycles. The van der Waals surface area contributed by atoms with E-state index in [1.165, 1.54) is 48.0 Å². The number of benzene rings is 2. The van der Waals surface area contributed by atoms with E-state index in [1.807, 2.05) is 24.5 Å². The van der Waals surface area contributed by atoms with E-state index in [4.69, 9.17) is 11.6 Å². The van der Waals surface area contributed by atoms with E-state index < -0.39 is 10.8 Å². The molecule has 2 aromatic carbocycles. The van der Waals surface area contributed by atoms with Crippen LogP contribution in [-0.2, 0) is 9.59 Å². The fraction of sp³-hybridized carbons (Fsp3) is 0.158. The number of likely N-dealkylation sites (N-methyl/N-ethyl adjacent to an activating group) is 1. The number of thioether (sulfide) groups is 1. The maximum absolute atomic E-state index is 12.2. The van der Waals surface area contributed by atoms with Gasteiger partial charge in [0.2, 0.25) is 11.8 Å². The molecule has 7 nitrogen and oxygen atoms in total. The maximum Gasteiger partial charge on any atom is 0.288 e. The highest BCUT2D eigenvalue weighted by molar-refractivity contribution is 7.98. The van der Waals surface area contributed by atoms with Crippen LogP contribution in [0.15, 0.2) is 53.4 Å². The first-order chi connectivity index (χ1) is 13.3. The first-order valence-electron chi connectivity index (χ1n) is 8.12. The number of nitro benzene ring substituents is 1. The molecular formula is C19H18ClN3O4S. The first-order valence-corrected chi connectivity index (χ1v) is 9.72. The molecule has 2 amide bonds. The van der Waals surface area contributed by atoms with E-state index in [-0.39, 0.29) is 23.2 Å². The molecule has 2 rings (SSSR count). The number of rotatable bonds is 7.